The van der Waals surface area contributed by atoms with Crippen LogP contribution < -0.4 is 11.1 Å². The minimum Gasteiger partial charge on any atom is -0.324 e. The molecular formula is C17H24N4O. The van der Waals surface area contributed by atoms with Gasteiger partial charge in [0.25, 0.3) is 0 Å². The van der Waals surface area contributed by atoms with Crippen molar-refractivity contribution in [3.8, 4) is 5.69 Å². The van der Waals surface area contributed by atoms with E-state index in [2.05, 4.69) is 10.3 Å². The van der Waals surface area contributed by atoms with E-state index in [-0.39, 0.29) is 11.8 Å². The highest BCUT2D eigenvalue weighted by molar-refractivity contribution is 5.97. The molecule has 1 unspecified atom stereocenters. The first kappa shape index (κ1) is 16.2. The number of rotatable bonds is 4. The number of aryl methyl sites for hydroxylation is 1. The van der Waals surface area contributed by atoms with Crippen LogP contribution in [0.4, 0.5) is 5.69 Å². The molecule has 1 aromatic heterocycles. The number of benzene rings is 1. The summed E-state index contributed by atoms with van der Waals surface area (Å²) in [5, 5.41) is 2.87. The Kier molecular flexibility index (Phi) is 4.37. The Morgan fingerprint density at radius 2 is 1.86 bits per heavy atom. The van der Waals surface area contributed by atoms with Crippen LogP contribution in [0.25, 0.3) is 5.69 Å². The number of nitrogens with one attached hydrogen (secondary N) is 1. The number of nitrogens with zero attached hydrogens (tertiary/aromatic N) is 2. The Bertz CT molecular complexity index is 668. The second kappa shape index (κ2) is 5.93. The maximum absolute atomic E-state index is 12.2. The largest absolute Gasteiger partial charge is 0.324 e. The highest BCUT2D eigenvalue weighted by atomic mass is 16.2. The quantitative estimate of drug-likeness (QED) is 0.912. The molecule has 5 heteroatoms. The zero-order valence-electron chi connectivity index (χ0n) is 13.8. The molecule has 22 heavy (non-hydrogen) atoms. The number of carbonyl (C=O) groups is 1. The molecule has 1 heterocycles. The van der Waals surface area contributed by atoms with Crippen molar-refractivity contribution in [2.75, 3.05) is 5.32 Å². The second-order valence-corrected chi connectivity index (χ2v) is 6.22. The number of nitrogens with two attached hydrogens (primary N) is 1. The molecule has 1 amide bonds. The van der Waals surface area contributed by atoms with Crippen molar-refractivity contribution in [2.24, 2.45) is 11.7 Å². The monoisotopic (exact) mass is 300 g/mol. The lowest BCUT2D eigenvalue weighted by Gasteiger charge is -2.27. The maximum atomic E-state index is 12.2. The number of amides is 1. The third-order valence-corrected chi connectivity index (χ3v) is 4.34. The molecule has 1 atom stereocenters. The standard InChI is InChI=1S/C17H24N4O/c1-11(2)17(5,18)16(22)20-14-6-8-15(9-7-14)21-10-19-12(3)13(21)4/h6-11H,18H2,1-5H3,(H,20,22). The van der Waals surface area contributed by atoms with Crippen LogP contribution in [0.1, 0.15) is 32.2 Å². The molecule has 0 fully saturated rings. The molecular weight excluding hydrogens is 276 g/mol. The fourth-order valence-electron chi connectivity index (χ4n) is 1.99. The number of carbonyl (C=O) groups excluding carboxylic acids is 1. The van der Waals surface area contributed by atoms with Crippen LogP contribution in [-0.2, 0) is 4.79 Å². The summed E-state index contributed by atoms with van der Waals surface area (Å²) < 4.78 is 2.02. The third-order valence-electron chi connectivity index (χ3n) is 4.34. The van der Waals surface area contributed by atoms with E-state index < -0.39 is 5.54 Å². The Labute approximate surface area is 131 Å². The van der Waals surface area contributed by atoms with Crippen LogP contribution in [0.15, 0.2) is 30.6 Å². The minimum absolute atomic E-state index is 0.0587. The lowest BCUT2D eigenvalue weighted by atomic mass is 9.89. The molecule has 2 rings (SSSR count). The molecule has 0 aliphatic rings. The van der Waals surface area contributed by atoms with Gasteiger partial charge >= 0.3 is 0 Å². The molecule has 0 radical (unpaired) electrons. The Hall–Kier alpha value is -2.14. The fraction of sp³-hybridized carbons (Fsp3) is 0.412. The van der Waals surface area contributed by atoms with Crippen LogP contribution in [0.5, 0.6) is 0 Å². The van der Waals surface area contributed by atoms with Gasteiger partial charge in [0, 0.05) is 17.1 Å². The molecule has 0 aliphatic carbocycles. The van der Waals surface area contributed by atoms with Gasteiger partial charge in [-0.05, 0) is 51.0 Å². The van der Waals surface area contributed by atoms with Crippen molar-refractivity contribution in [1.82, 2.24) is 9.55 Å². The summed E-state index contributed by atoms with van der Waals surface area (Å²) in [7, 11) is 0. The van der Waals surface area contributed by atoms with Gasteiger partial charge in [0.2, 0.25) is 5.91 Å². The molecule has 0 saturated carbocycles. The first-order valence-corrected chi connectivity index (χ1v) is 7.44. The van der Waals surface area contributed by atoms with Gasteiger partial charge in [-0.1, -0.05) is 13.8 Å². The molecule has 0 spiro atoms. The number of hydrogen-bond acceptors (Lipinski definition) is 3. The first-order valence-electron chi connectivity index (χ1n) is 7.44. The van der Waals surface area contributed by atoms with E-state index in [0.29, 0.717) is 0 Å². The predicted molar refractivity (Wildman–Crippen MR) is 89.1 cm³/mol. The molecule has 3 N–H and O–H groups in total. The van der Waals surface area contributed by atoms with E-state index in [1.165, 1.54) is 0 Å². The highest BCUT2D eigenvalue weighted by Gasteiger charge is 2.31. The number of hydrogen-bond donors (Lipinski definition) is 2. The van der Waals surface area contributed by atoms with Gasteiger partial charge in [0.15, 0.2) is 0 Å². The van der Waals surface area contributed by atoms with Gasteiger partial charge in [-0.25, -0.2) is 4.98 Å². The number of anilines is 1. The zero-order chi connectivity index (χ0) is 16.5. The van der Waals surface area contributed by atoms with Crippen molar-refractivity contribution in [2.45, 2.75) is 40.2 Å². The van der Waals surface area contributed by atoms with E-state index in [1.807, 2.05) is 56.5 Å². The molecule has 0 saturated heterocycles. The number of imidazole rings is 1. The molecule has 5 nitrogen and oxygen atoms in total. The summed E-state index contributed by atoms with van der Waals surface area (Å²) in [6.45, 7) is 9.63. The van der Waals surface area contributed by atoms with Gasteiger partial charge in [-0.15, -0.1) is 0 Å². The lowest BCUT2D eigenvalue weighted by Crippen LogP contribution is -2.52. The summed E-state index contributed by atoms with van der Waals surface area (Å²) in [4.78, 5) is 16.5. The molecule has 2 aromatic rings. The van der Waals surface area contributed by atoms with Gasteiger partial charge in [0.05, 0.1) is 17.6 Å². The van der Waals surface area contributed by atoms with E-state index in [9.17, 15) is 4.79 Å². The summed E-state index contributed by atoms with van der Waals surface area (Å²) in [5.74, 6) is -0.117. The van der Waals surface area contributed by atoms with Gasteiger partial charge in [0.1, 0.15) is 0 Å². The molecule has 0 aliphatic heterocycles. The topological polar surface area (TPSA) is 72.9 Å². The fourth-order valence-corrected chi connectivity index (χ4v) is 1.99. The molecule has 118 valence electrons. The third kappa shape index (κ3) is 3.04. The van der Waals surface area contributed by atoms with Crippen LogP contribution in [0.3, 0.4) is 0 Å². The summed E-state index contributed by atoms with van der Waals surface area (Å²) >= 11 is 0. The first-order chi connectivity index (χ1) is 10.2. The Morgan fingerprint density at radius 3 is 2.32 bits per heavy atom. The molecule has 0 bridgehead atoms. The zero-order valence-corrected chi connectivity index (χ0v) is 13.8. The van der Waals surface area contributed by atoms with Gasteiger partial charge in [-0.2, -0.15) is 0 Å². The van der Waals surface area contributed by atoms with E-state index in [1.54, 1.807) is 13.3 Å². The Balaban J connectivity index is 2.16. The summed E-state index contributed by atoms with van der Waals surface area (Å²) in [6, 6.07) is 7.65. The van der Waals surface area contributed by atoms with Crippen LogP contribution in [0, 0.1) is 19.8 Å². The van der Waals surface area contributed by atoms with Gasteiger partial charge < -0.3 is 15.6 Å². The van der Waals surface area contributed by atoms with Gasteiger partial charge in [-0.3, -0.25) is 4.79 Å². The van der Waals surface area contributed by atoms with Crippen molar-refractivity contribution in [3.63, 3.8) is 0 Å². The minimum atomic E-state index is -0.892. The smallest absolute Gasteiger partial charge is 0.244 e. The number of aromatic nitrogens is 2. The summed E-state index contributed by atoms with van der Waals surface area (Å²) in [5.41, 5.74) is 9.03. The van der Waals surface area contributed by atoms with E-state index >= 15 is 0 Å². The highest BCUT2D eigenvalue weighted by Crippen LogP contribution is 2.19. The second-order valence-electron chi connectivity index (χ2n) is 6.22. The predicted octanol–water partition coefficient (Wildman–Crippen LogP) is 2.80. The lowest BCUT2D eigenvalue weighted by molar-refractivity contribution is -0.122. The Morgan fingerprint density at radius 1 is 1.27 bits per heavy atom. The van der Waals surface area contributed by atoms with Crippen LogP contribution in [-0.4, -0.2) is 21.0 Å². The SMILES string of the molecule is Cc1ncn(-c2ccc(NC(=O)C(C)(N)C(C)C)cc2)c1C. The maximum Gasteiger partial charge on any atom is 0.244 e. The van der Waals surface area contributed by atoms with E-state index in [4.69, 9.17) is 5.73 Å². The summed E-state index contributed by atoms with van der Waals surface area (Å²) in [6.07, 6.45) is 1.80. The average Bonchev–Trinajstić information content (AvgIpc) is 2.79. The van der Waals surface area contributed by atoms with Crippen molar-refractivity contribution >= 4 is 11.6 Å². The normalized spacial score (nSPS) is 14.0. The van der Waals surface area contributed by atoms with Crippen LogP contribution >= 0.6 is 0 Å². The average molecular weight is 300 g/mol. The van der Waals surface area contributed by atoms with Crippen molar-refractivity contribution in [3.05, 3.63) is 42.0 Å². The molecule has 1 aromatic carbocycles. The van der Waals surface area contributed by atoms with Crippen LogP contribution in [0.2, 0.25) is 0 Å². The van der Waals surface area contributed by atoms with Crippen molar-refractivity contribution in [1.29, 1.82) is 0 Å². The van der Waals surface area contributed by atoms with E-state index in [0.717, 1.165) is 22.8 Å². The van der Waals surface area contributed by atoms with Crippen molar-refractivity contribution < 1.29 is 4.79 Å².